The van der Waals surface area contributed by atoms with Crippen LogP contribution in [-0.2, 0) is 19.6 Å². The molecular formula is C20H25N5O. The fourth-order valence-electron chi connectivity index (χ4n) is 3.75. The number of rotatable bonds is 4. The number of fused-ring (bicyclic) bond motifs is 2. The van der Waals surface area contributed by atoms with Gasteiger partial charge in [-0.15, -0.1) is 0 Å². The van der Waals surface area contributed by atoms with Gasteiger partial charge in [0.2, 0.25) is 0 Å². The predicted octanol–water partition coefficient (Wildman–Crippen LogP) is 2.41. The summed E-state index contributed by atoms with van der Waals surface area (Å²) in [5, 5.41) is 8.75. The van der Waals surface area contributed by atoms with E-state index in [1.54, 1.807) is 0 Å². The van der Waals surface area contributed by atoms with Crippen LogP contribution < -0.4 is 5.32 Å². The van der Waals surface area contributed by atoms with Crippen LogP contribution in [-0.4, -0.2) is 45.3 Å². The molecule has 3 aromatic rings. The maximum atomic E-state index is 12.5. The zero-order chi connectivity index (χ0) is 18.1. The number of nitrogens with zero attached hydrogens (tertiary/aromatic N) is 4. The lowest BCUT2D eigenvalue weighted by atomic mass is 10.2. The van der Waals surface area contributed by atoms with Crippen LogP contribution in [0.2, 0.25) is 0 Å². The number of nitrogens with one attached hydrogen (secondary N) is 1. The smallest absolute Gasteiger partial charge is 0.271 e. The lowest BCUT2D eigenvalue weighted by Crippen LogP contribution is -2.28. The van der Waals surface area contributed by atoms with Crippen LogP contribution in [0.1, 0.15) is 28.3 Å². The molecule has 6 heteroatoms. The molecule has 0 atom stereocenters. The summed E-state index contributed by atoms with van der Waals surface area (Å²) < 4.78 is 4.22. The SMILES string of the molecule is Cc1cc2ccccc2n1CCNC(=O)c1cc2n(n1)CCCN(C)C2. The fraction of sp³-hybridized carbons (Fsp3) is 0.400. The van der Waals surface area contributed by atoms with E-state index in [0.29, 0.717) is 12.2 Å². The van der Waals surface area contributed by atoms with Gasteiger partial charge in [0.1, 0.15) is 5.69 Å². The first-order chi connectivity index (χ1) is 12.6. The van der Waals surface area contributed by atoms with Gasteiger partial charge in [-0.25, -0.2) is 0 Å². The van der Waals surface area contributed by atoms with E-state index in [0.717, 1.165) is 38.3 Å². The third-order valence-corrected chi connectivity index (χ3v) is 5.08. The maximum Gasteiger partial charge on any atom is 0.271 e. The molecule has 1 N–H and O–H groups in total. The van der Waals surface area contributed by atoms with Crippen molar-refractivity contribution in [3.63, 3.8) is 0 Å². The molecule has 0 saturated heterocycles. The van der Waals surface area contributed by atoms with Crippen molar-refractivity contribution in [1.29, 1.82) is 0 Å². The summed E-state index contributed by atoms with van der Waals surface area (Å²) in [6.45, 7) is 6.22. The normalized spacial score (nSPS) is 15.0. The van der Waals surface area contributed by atoms with Crippen molar-refractivity contribution >= 4 is 16.8 Å². The van der Waals surface area contributed by atoms with E-state index >= 15 is 0 Å². The van der Waals surface area contributed by atoms with Crippen molar-refractivity contribution in [2.75, 3.05) is 20.1 Å². The highest BCUT2D eigenvalue weighted by atomic mass is 16.1. The van der Waals surface area contributed by atoms with Crippen LogP contribution in [0, 0.1) is 6.92 Å². The van der Waals surface area contributed by atoms with Gasteiger partial charge in [-0.1, -0.05) is 18.2 Å². The lowest BCUT2D eigenvalue weighted by molar-refractivity contribution is 0.0946. The summed E-state index contributed by atoms with van der Waals surface area (Å²) in [5.41, 5.74) is 4.04. The first-order valence-corrected chi connectivity index (χ1v) is 9.20. The summed E-state index contributed by atoms with van der Waals surface area (Å²) in [6.07, 6.45) is 1.06. The Labute approximate surface area is 153 Å². The van der Waals surface area contributed by atoms with E-state index in [2.05, 4.69) is 52.1 Å². The Morgan fingerprint density at radius 2 is 2.08 bits per heavy atom. The standard InChI is InChI=1S/C20H25N5O/c1-15-12-16-6-3-4-7-19(16)24(15)11-8-21-20(26)18-13-17-14-23(2)9-5-10-25(17)22-18/h3-4,6-7,12-13H,5,8-11,14H2,1-2H3,(H,21,26). The largest absolute Gasteiger partial charge is 0.349 e. The highest BCUT2D eigenvalue weighted by Gasteiger charge is 2.17. The van der Waals surface area contributed by atoms with Crippen molar-refractivity contribution in [3.8, 4) is 0 Å². The van der Waals surface area contributed by atoms with Crippen LogP contribution in [0.15, 0.2) is 36.4 Å². The first-order valence-electron chi connectivity index (χ1n) is 9.20. The zero-order valence-corrected chi connectivity index (χ0v) is 15.4. The summed E-state index contributed by atoms with van der Waals surface area (Å²) >= 11 is 0. The van der Waals surface area contributed by atoms with Crippen LogP contribution >= 0.6 is 0 Å². The van der Waals surface area contributed by atoms with E-state index in [1.807, 2.05) is 22.9 Å². The average molecular weight is 351 g/mol. The Kier molecular flexibility index (Phi) is 4.51. The van der Waals surface area contributed by atoms with E-state index in [4.69, 9.17) is 0 Å². The summed E-state index contributed by atoms with van der Waals surface area (Å²) in [7, 11) is 2.10. The maximum absolute atomic E-state index is 12.5. The Hall–Kier alpha value is -2.60. The van der Waals surface area contributed by atoms with Gasteiger partial charge in [0.25, 0.3) is 5.91 Å². The molecule has 3 heterocycles. The minimum absolute atomic E-state index is 0.0951. The molecule has 26 heavy (non-hydrogen) atoms. The fourth-order valence-corrected chi connectivity index (χ4v) is 3.75. The number of hydrogen-bond donors (Lipinski definition) is 1. The van der Waals surface area contributed by atoms with Gasteiger partial charge < -0.3 is 14.8 Å². The number of aryl methyl sites for hydroxylation is 2. The number of aromatic nitrogens is 3. The Balaban J connectivity index is 1.41. The van der Waals surface area contributed by atoms with Crippen LogP contribution in [0.4, 0.5) is 0 Å². The van der Waals surface area contributed by atoms with Crippen molar-refractivity contribution in [3.05, 3.63) is 53.5 Å². The molecule has 1 amide bonds. The molecule has 0 radical (unpaired) electrons. The minimum atomic E-state index is -0.0951. The molecule has 0 spiro atoms. The highest BCUT2D eigenvalue weighted by molar-refractivity contribution is 5.92. The van der Waals surface area contributed by atoms with Gasteiger partial charge in [-0.2, -0.15) is 5.10 Å². The zero-order valence-electron chi connectivity index (χ0n) is 15.4. The Morgan fingerprint density at radius 1 is 1.23 bits per heavy atom. The van der Waals surface area contributed by atoms with Crippen LogP contribution in [0.5, 0.6) is 0 Å². The van der Waals surface area contributed by atoms with E-state index in [1.165, 1.54) is 16.6 Å². The Bertz CT molecular complexity index is 939. The number of amides is 1. The van der Waals surface area contributed by atoms with Crippen LogP contribution in [0.25, 0.3) is 10.9 Å². The summed E-state index contributed by atoms with van der Waals surface area (Å²) in [6, 6.07) is 12.4. The molecule has 1 aliphatic heterocycles. The number of carbonyl (C=O) groups excluding carboxylic acids is 1. The third kappa shape index (κ3) is 3.24. The van der Waals surface area contributed by atoms with Crippen molar-refractivity contribution < 1.29 is 4.79 Å². The van der Waals surface area contributed by atoms with E-state index < -0.39 is 0 Å². The van der Waals surface area contributed by atoms with Crippen molar-refractivity contribution in [2.24, 2.45) is 0 Å². The summed E-state index contributed by atoms with van der Waals surface area (Å²) in [4.78, 5) is 14.8. The Morgan fingerprint density at radius 3 is 2.96 bits per heavy atom. The molecule has 1 aliphatic rings. The number of hydrogen-bond acceptors (Lipinski definition) is 3. The number of carbonyl (C=O) groups is 1. The van der Waals surface area contributed by atoms with Gasteiger partial charge in [-0.05, 0) is 44.0 Å². The second kappa shape index (κ2) is 6.96. The molecule has 0 aliphatic carbocycles. The summed E-state index contributed by atoms with van der Waals surface area (Å²) in [5.74, 6) is -0.0951. The first kappa shape index (κ1) is 16.8. The number of para-hydroxylation sites is 1. The van der Waals surface area contributed by atoms with E-state index in [9.17, 15) is 4.79 Å². The topological polar surface area (TPSA) is 55.1 Å². The molecule has 4 rings (SSSR count). The highest BCUT2D eigenvalue weighted by Crippen LogP contribution is 2.18. The van der Waals surface area contributed by atoms with Gasteiger partial charge in [0, 0.05) is 43.9 Å². The van der Waals surface area contributed by atoms with E-state index in [-0.39, 0.29) is 5.91 Å². The molecule has 0 saturated carbocycles. The van der Waals surface area contributed by atoms with Crippen molar-refractivity contribution in [2.45, 2.75) is 33.0 Å². The molecule has 6 nitrogen and oxygen atoms in total. The third-order valence-electron chi connectivity index (χ3n) is 5.08. The van der Waals surface area contributed by atoms with Gasteiger partial charge >= 0.3 is 0 Å². The predicted molar refractivity (Wildman–Crippen MR) is 102 cm³/mol. The average Bonchev–Trinajstić information content (AvgIpc) is 3.10. The van der Waals surface area contributed by atoms with Crippen LogP contribution in [0.3, 0.4) is 0 Å². The van der Waals surface area contributed by atoms with Gasteiger partial charge in [0.15, 0.2) is 0 Å². The second-order valence-electron chi connectivity index (χ2n) is 7.09. The molecule has 0 fully saturated rings. The lowest BCUT2D eigenvalue weighted by Gasteiger charge is -2.11. The second-order valence-corrected chi connectivity index (χ2v) is 7.09. The number of benzene rings is 1. The minimum Gasteiger partial charge on any atom is -0.349 e. The molecule has 0 unspecified atom stereocenters. The molecule has 136 valence electrons. The van der Waals surface area contributed by atoms with Crippen molar-refractivity contribution in [1.82, 2.24) is 24.6 Å². The van der Waals surface area contributed by atoms with Gasteiger partial charge in [0.05, 0.1) is 5.69 Å². The molecule has 2 aromatic heterocycles. The van der Waals surface area contributed by atoms with Gasteiger partial charge in [-0.3, -0.25) is 9.48 Å². The molecular weight excluding hydrogens is 326 g/mol. The molecule has 1 aromatic carbocycles. The quantitative estimate of drug-likeness (QED) is 0.785. The monoisotopic (exact) mass is 351 g/mol. The molecule has 0 bridgehead atoms.